The molecule has 0 saturated carbocycles. The van der Waals surface area contributed by atoms with Crippen LogP contribution in [0.3, 0.4) is 0 Å². The first-order chi connectivity index (χ1) is 9.74. The van der Waals surface area contributed by atoms with Crippen molar-refractivity contribution >= 4 is 22.4 Å². The van der Waals surface area contributed by atoms with Crippen LogP contribution in [0.2, 0.25) is 0 Å². The standard InChI is InChI=1S/C17H13NO2/c1-12(18-14-8-3-2-4-9-14)15-11-13-7-5-6-10-16(13)20-17(15)19/h2-11H,1H3. The van der Waals surface area contributed by atoms with Gasteiger partial charge in [-0.1, -0.05) is 36.4 Å². The second kappa shape index (κ2) is 5.13. The van der Waals surface area contributed by atoms with Crippen molar-refractivity contribution in [2.24, 2.45) is 4.99 Å². The number of para-hydroxylation sites is 2. The van der Waals surface area contributed by atoms with Gasteiger partial charge in [-0.25, -0.2) is 4.79 Å². The Labute approximate surface area is 116 Å². The largest absolute Gasteiger partial charge is 0.422 e. The highest BCUT2D eigenvalue weighted by Crippen LogP contribution is 2.15. The highest BCUT2D eigenvalue weighted by atomic mass is 16.4. The van der Waals surface area contributed by atoms with Crippen LogP contribution in [0.4, 0.5) is 5.69 Å². The van der Waals surface area contributed by atoms with Crippen LogP contribution in [0.15, 0.2) is 74.9 Å². The molecule has 98 valence electrons. The van der Waals surface area contributed by atoms with Gasteiger partial charge in [-0.3, -0.25) is 4.99 Å². The predicted octanol–water partition coefficient (Wildman–Crippen LogP) is 3.93. The van der Waals surface area contributed by atoms with Gasteiger partial charge < -0.3 is 4.42 Å². The smallest absolute Gasteiger partial charge is 0.345 e. The highest BCUT2D eigenvalue weighted by molar-refractivity contribution is 6.01. The predicted molar refractivity (Wildman–Crippen MR) is 80.8 cm³/mol. The molecule has 3 rings (SSSR count). The van der Waals surface area contributed by atoms with Crippen molar-refractivity contribution in [3.63, 3.8) is 0 Å². The Bertz CT molecular complexity index is 832. The molecule has 0 aliphatic heterocycles. The van der Waals surface area contributed by atoms with E-state index in [9.17, 15) is 4.79 Å². The SMILES string of the molecule is CC(=Nc1ccccc1)c1cc2ccccc2oc1=O. The number of rotatable bonds is 2. The molecule has 0 N–H and O–H groups in total. The molecular formula is C17H13NO2. The molecule has 3 heteroatoms. The van der Waals surface area contributed by atoms with Gasteiger partial charge in [0.2, 0.25) is 0 Å². The van der Waals surface area contributed by atoms with Crippen LogP contribution in [0.1, 0.15) is 12.5 Å². The number of fused-ring (bicyclic) bond motifs is 1. The van der Waals surface area contributed by atoms with Gasteiger partial charge in [-0.15, -0.1) is 0 Å². The summed E-state index contributed by atoms with van der Waals surface area (Å²) in [5, 5.41) is 0.893. The zero-order chi connectivity index (χ0) is 13.9. The molecule has 0 saturated heterocycles. The lowest BCUT2D eigenvalue weighted by Gasteiger charge is -2.02. The number of hydrogen-bond acceptors (Lipinski definition) is 3. The maximum absolute atomic E-state index is 12.0. The molecule has 3 aromatic rings. The molecular weight excluding hydrogens is 250 g/mol. The van der Waals surface area contributed by atoms with E-state index in [-0.39, 0.29) is 5.63 Å². The summed E-state index contributed by atoms with van der Waals surface area (Å²) in [6, 6.07) is 18.8. The molecule has 2 aromatic carbocycles. The van der Waals surface area contributed by atoms with Gasteiger partial charge in [-0.2, -0.15) is 0 Å². The summed E-state index contributed by atoms with van der Waals surface area (Å²) >= 11 is 0. The Morgan fingerprint density at radius 1 is 1.00 bits per heavy atom. The van der Waals surface area contributed by atoms with Crippen LogP contribution in [-0.2, 0) is 0 Å². The minimum atomic E-state index is -0.360. The van der Waals surface area contributed by atoms with Crippen molar-refractivity contribution in [1.82, 2.24) is 0 Å². The van der Waals surface area contributed by atoms with Crippen molar-refractivity contribution in [2.75, 3.05) is 0 Å². The van der Waals surface area contributed by atoms with Gasteiger partial charge in [0.25, 0.3) is 0 Å². The molecule has 1 heterocycles. The first-order valence-corrected chi connectivity index (χ1v) is 6.37. The molecule has 1 aromatic heterocycles. The van der Waals surface area contributed by atoms with Crippen molar-refractivity contribution in [1.29, 1.82) is 0 Å². The van der Waals surface area contributed by atoms with Crippen molar-refractivity contribution < 1.29 is 4.42 Å². The number of aliphatic imine (C=N–C) groups is 1. The lowest BCUT2D eigenvalue weighted by molar-refractivity contribution is 0.559. The Balaban J connectivity index is 2.12. The van der Waals surface area contributed by atoms with Crippen LogP contribution < -0.4 is 5.63 Å². The quantitative estimate of drug-likeness (QED) is 0.519. The van der Waals surface area contributed by atoms with Crippen LogP contribution in [0, 0.1) is 0 Å². The van der Waals surface area contributed by atoms with E-state index >= 15 is 0 Å². The van der Waals surface area contributed by atoms with E-state index in [4.69, 9.17) is 4.42 Å². The second-order valence-electron chi connectivity index (χ2n) is 4.52. The van der Waals surface area contributed by atoms with E-state index < -0.39 is 0 Å². The molecule has 0 fully saturated rings. The normalized spacial score (nSPS) is 11.8. The maximum atomic E-state index is 12.0. The fourth-order valence-electron chi connectivity index (χ4n) is 2.07. The monoisotopic (exact) mass is 263 g/mol. The molecule has 0 aliphatic carbocycles. The Morgan fingerprint density at radius 3 is 2.50 bits per heavy atom. The van der Waals surface area contributed by atoms with Gasteiger partial charge in [0.05, 0.1) is 17.0 Å². The lowest BCUT2D eigenvalue weighted by Crippen LogP contribution is -2.11. The van der Waals surface area contributed by atoms with Crippen molar-refractivity contribution in [3.05, 3.63) is 76.6 Å². The van der Waals surface area contributed by atoms with E-state index in [2.05, 4.69) is 4.99 Å². The Kier molecular flexibility index (Phi) is 3.17. The third-order valence-electron chi connectivity index (χ3n) is 3.08. The van der Waals surface area contributed by atoms with Crippen molar-refractivity contribution in [2.45, 2.75) is 6.92 Å². The second-order valence-corrected chi connectivity index (χ2v) is 4.52. The first kappa shape index (κ1) is 12.4. The van der Waals surface area contributed by atoms with Crippen LogP contribution in [0.5, 0.6) is 0 Å². The molecule has 0 spiro atoms. The summed E-state index contributed by atoms with van der Waals surface area (Å²) < 4.78 is 5.32. The Morgan fingerprint density at radius 2 is 1.70 bits per heavy atom. The molecule has 0 unspecified atom stereocenters. The summed E-state index contributed by atoms with van der Waals surface area (Å²) in [5.74, 6) is 0. The van der Waals surface area contributed by atoms with E-state index in [0.29, 0.717) is 16.9 Å². The van der Waals surface area contributed by atoms with Gasteiger partial charge in [0, 0.05) is 5.39 Å². The average Bonchev–Trinajstić information content (AvgIpc) is 2.47. The Hall–Kier alpha value is -2.68. The third kappa shape index (κ3) is 2.38. The summed E-state index contributed by atoms with van der Waals surface area (Å²) in [5.41, 5.74) is 2.19. The van der Waals surface area contributed by atoms with E-state index in [0.717, 1.165) is 11.1 Å². The maximum Gasteiger partial charge on any atom is 0.345 e. The summed E-state index contributed by atoms with van der Waals surface area (Å²) in [4.78, 5) is 16.5. The van der Waals surface area contributed by atoms with Gasteiger partial charge in [0.15, 0.2) is 0 Å². The topological polar surface area (TPSA) is 42.6 Å². The first-order valence-electron chi connectivity index (χ1n) is 6.37. The fourth-order valence-corrected chi connectivity index (χ4v) is 2.07. The van der Waals surface area contributed by atoms with Crippen LogP contribution >= 0.6 is 0 Å². The van der Waals surface area contributed by atoms with E-state index in [1.54, 1.807) is 6.07 Å². The van der Waals surface area contributed by atoms with Gasteiger partial charge in [-0.05, 0) is 31.2 Å². The van der Waals surface area contributed by atoms with Crippen molar-refractivity contribution in [3.8, 4) is 0 Å². The molecule has 0 radical (unpaired) electrons. The van der Waals surface area contributed by atoms with Gasteiger partial charge in [0.1, 0.15) is 5.58 Å². The highest BCUT2D eigenvalue weighted by Gasteiger charge is 2.07. The zero-order valence-corrected chi connectivity index (χ0v) is 11.0. The molecule has 20 heavy (non-hydrogen) atoms. The summed E-state index contributed by atoms with van der Waals surface area (Å²) in [6.07, 6.45) is 0. The molecule has 0 amide bonds. The fraction of sp³-hybridized carbons (Fsp3) is 0.0588. The van der Waals surface area contributed by atoms with E-state index in [1.165, 1.54) is 0 Å². The lowest BCUT2D eigenvalue weighted by atomic mass is 10.1. The van der Waals surface area contributed by atoms with Gasteiger partial charge >= 0.3 is 5.63 Å². The van der Waals surface area contributed by atoms with Crippen LogP contribution in [0.25, 0.3) is 11.0 Å². The summed E-state index contributed by atoms with van der Waals surface area (Å²) in [7, 11) is 0. The zero-order valence-electron chi connectivity index (χ0n) is 11.0. The minimum absolute atomic E-state index is 0.360. The minimum Gasteiger partial charge on any atom is -0.422 e. The number of nitrogens with zero attached hydrogens (tertiary/aromatic N) is 1. The van der Waals surface area contributed by atoms with E-state index in [1.807, 2.05) is 61.5 Å². The number of hydrogen-bond donors (Lipinski definition) is 0. The molecule has 0 atom stereocenters. The number of benzene rings is 2. The summed E-state index contributed by atoms with van der Waals surface area (Å²) in [6.45, 7) is 1.81. The molecule has 0 bridgehead atoms. The third-order valence-corrected chi connectivity index (χ3v) is 3.08. The van der Waals surface area contributed by atoms with Crippen LogP contribution in [-0.4, -0.2) is 5.71 Å². The average molecular weight is 263 g/mol. The molecule has 3 nitrogen and oxygen atoms in total. The molecule has 0 aliphatic rings.